The lowest BCUT2D eigenvalue weighted by molar-refractivity contribution is -0.143. The van der Waals surface area contributed by atoms with E-state index in [1.807, 2.05) is 0 Å². The number of carboxylic acids is 3. The van der Waals surface area contributed by atoms with E-state index in [2.05, 4.69) is 16.0 Å². The lowest BCUT2D eigenvalue weighted by Crippen LogP contribution is -2.51. The smallest absolute Gasteiger partial charge is 0.317 e. The number of nitrogens with zero attached hydrogens (tertiary/aromatic N) is 2. The average molecular weight is 625 g/mol. The Kier molecular flexibility index (Phi) is 17.2. The van der Waals surface area contributed by atoms with Gasteiger partial charge in [-0.25, -0.2) is 0 Å². The number of aliphatic hydroxyl groups excluding tert-OH is 1. The first-order valence-corrected chi connectivity index (χ1v) is 14.1. The summed E-state index contributed by atoms with van der Waals surface area (Å²) in [5.74, 6) is -5.29. The van der Waals surface area contributed by atoms with Crippen LogP contribution in [-0.4, -0.2) is 124 Å². The number of aliphatic hydroxyl groups is 1. The number of rotatable bonds is 22. The number of anilines is 1. The molecule has 3 amide bonds. The number of amides is 3. The Balaban J connectivity index is 2.68. The summed E-state index contributed by atoms with van der Waals surface area (Å²) in [5, 5.41) is 44.4. The molecular weight excluding hydrogens is 580 g/mol. The van der Waals surface area contributed by atoms with Gasteiger partial charge in [-0.05, 0) is 42.9 Å². The van der Waals surface area contributed by atoms with E-state index in [1.165, 1.54) is 4.90 Å². The Hall–Kier alpha value is -4.12. The third kappa shape index (κ3) is 15.9. The van der Waals surface area contributed by atoms with Gasteiger partial charge in [-0.15, -0.1) is 0 Å². The number of carbonyl (C=O) groups excluding carboxylic acids is 3. The van der Waals surface area contributed by atoms with Gasteiger partial charge in [0.05, 0.1) is 38.8 Å². The van der Waals surface area contributed by atoms with Crippen molar-refractivity contribution >= 4 is 41.3 Å². The molecule has 0 aliphatic carbocycles. The summed E-state index contributed by atoms with van der Waals surface area (Å²) in [4.78, 5) is 73.7. The van der Waals surface area contributed by atoms with E-state index in [1.54, 1.807) is 38.1 Å². The number of hydrogen-bond acceptors (Lipinski definition) is 10. The molecule has 0 fully saturated rings. The van der Waals surface area contributed by atoms with Gasteiger partial charge in [0, 0.05) is 25.3 Å². The number of carboxylic acid groups (broad SMARTS) is 3. The largest absolute Gasteiger partial charge is 0.480 e. The van der Waals surface area contributed by atoms with Crippen LogP contribution in [-0.2, 0) is 35.4 Å². The highest BCUT2D eigenvalue weighted by atomic mass is 16.4. The van der Waals surface area contributed by atoms with Crippen LogP contribution in [0, 0.1) is 5.92 Å². The molecule has 16 heteroatoms. The van der Waals surface area contributed by atoms with Crippen molar-refractivity contribution in [3.63, 3.8) is 0 Å². The van der Waals surface area contributed by atoms with Gasteiger partial charge in [0.1, 0.15) is 6.04 Å². The maximum absolute atomic E-state index is 13.0. The summed E-state index contributed by atoms with van der Waals surface area (Å²) in [5.41, 5.74) is 7.09. The number of unbranched alkanes of at least 4 members (excludes halogenated alkanes) is 1. The Morgan fingerprint density at radius 3 is 1.80 bits per heavy atom. The average Bonchev–Trinajstić information content (AvgIpc) is 2.93. The molecule has 0 heterocycles. The Morgan fingerprint density at radius 2 is 1.32 bits per heavy atom. The van der Waals surface area contributed by atoms with E-state index in [9.17, 15) is 39.0 Å². The van der Waals surface area contributed by atoms with Crippen molar-refractivity contribution in [2.45, 2.75) is 51.8 Å². The van der Waals surface area contributed by atoms with Gasteiger partial charge >= 0.3 is 17.9 Å². The standard InChI is InChI=1S/C28H44N6O10/c1-18(2)26(29)28(44)32-21(27(43)31-20-8-6-19(17-35)7-9-20)5-3-4-10-30-22(36)13-33(14-23(37)38)11-12-34(15-24(39)40)16-25(41)42/h6-9,18,21,26,35H,3-5,10-17,29H2,1-2H3,(H,30,36)(H,31,43)(H,32,44)(H,37,38)(H,39,40)(H,41,42)/t21-,26-/m0/s1. The first-order valence-electron chi connectivity index (χ1n) is 14.1. The van der Waals surface area contributed by atoms with E-state index in [4.69, 9.17) is 15.9 Å². The predicted octanol–water partition coefficient (Wildman–Crippen LogP) is -1.27. The lowest BCUT2D eigenvalue weighted by atomic mass is 10.0. The molecule has 1 rings (SSSR count). The fourth-order valence-corrected chi connectivity index (χ4v) is 4.01. The minimum absolute atomic E-state index is 0.0575. The topological polar surface area (TPSA) is 252 Å². The van der Waals surface area contributed by atoms with Crippen LogP contribution in [0.2, 0.25) is 0 Å². The maximum Gasteiger partial charge on any atom is 0.317 e. The van der Waals surface area contributed by atoms with Crippen LogP contribution in [0.3, 0.4) is 0 Å². The van der Waals surface area contributed by atoms with Crippen molar-refractivity contribution in [1.82, 2.24) is 20.4 Å². The van der Waals surface area contributed by atoms with Gasteiger partial charge in [0.2, 0.25) is 17.7 Å². The van der Waals surface area contributed by atoms with Crippen LogP contribution >= 0.6 is 0 Å². The second-order valence-electron chi connectivity index (χ2n) is 10.6. The number of hydrogen-bond donors (Lipinski definition) is 8. The third-order valence-electron chi connectivity index (χ3n) is 6.48. The third-order valence-corrected chi connectivity index (χ3v) is 6.48. The molecule has 0 saturated carbocycles. The molecule has 0 aliphatic heterocycles. The molecule has 0 unspecified atom stereocenters. The minimum atomic E-state index is -1.24. The van der Waals surface area contributed by atoms with Crippen molar-refractivity contribution in [2.24, 2.45) is 11.7 Å². The molecule has 0 bridgehead atoms. The molecule has 246 valence electrons. The summed E-state index contributed by atoms with van der Waals surface area (Å²) < 4.78 is 0. The van der Waals surface area contributed by atoms with E-state index < -0.39 is 67.3 Å². The molecule has 0 saturated heterocycles. The summed E-state index contributed by atoms with van der Waals surface area (Å²) in [6.07, 6.45) is 1.09. The molecule has 0 radical (unpaired) electrons. The van der Waals surface area contributed by atoms with Crippen LogP contribution in [0.5, 0.6) is 0 Å². The molecule has 0 spiro atoms. The minimum Gasteiger partial charge on any atom is -0.480 e. The number of carbonyl (C=O) groups is 6. The molecule has 9 N–H and O–H groups in total. The van der Waals surface area contributed by atoms with Crippen LogP contribution < -0.4 is 21.7 Å². The SMILES string of the molecule is CC(C)[C@H](N)C(=O)N[C@@H](CCCCNC(=O)CN(CCN(CC(=O)O)CC(=O)O)CC(=O)O)C(=O)Nc1ccc(CO)cc1. The van der Waals surface area contributed by atoms with Crippen molar-refractivity contribution < 1.29 is 49.2 Å². The summed E-state index contributed by atoms with van der Waals surface area (Å²) in [6, 6.07) is 4.83. The zero-order valence-electron chi connectivity index (χ0n) is 25.0. The van der Waals surface area contributed by atoms with E-state index >= 15 is 0 Å². The highest BCUT2D eigenvalue weighted by molar-refractivity contribution is 5.97. The zero-order valence-corrected chi connectivity index (χ0v) is 25.0. The van der Waals surface area contributed by atoms with Crippen molar-refractivity contribution in [2.75, 3.05) is 51.1 Å². The van der Waals surface area contributed by atoms with Gasteiger partial charge in [-0.3, -0.25) is 38.6 Å². The summed E-state index contributed by atoms with van der Waals surface area (Å²) >= 11 is 0. The van der Waals surface area contributed by atoms with Crippen LogP contribution in [0.15, 0.2) is 24.3 Å². The van der Waals surface area contributed by atoms with Gasteiger partial charge < -0.3 is 42.1 Å². The highest BCUT2D eigenvalue weighted by Gasteiger charge is 2.25. The zero-order chi connectivity index (χ0) is 33.2. The number of nitrogens with one attached hydrogen (secondary N) is 3. The Morgan fingerprint density at radius 1 is 0.795 bits per heavy atom. The fourth-order valence-electron chi connectivity index (χ4n) is 4.01. The normalized spacial score (nSPS) is 12.5. The Bertz CT molecular complexity index is 1100. The first-order chi connectivity index (χ1) is 20.7. The molecule has 0 aliphatic rings. The van der Waals surface area contributed by atoms with E-state index in [-0.39, 0.29) is 45.1 Å². The molecule has 2 atom stereocenters. The monoisotopic (exact) mass is 624 g/mol. The molecule has 44 heavy (non-hydrogen) atoms. The quantitative estimate of drug-likeness (QED) is 0.0702. The van der Waals surface area contributed by atoms with Crippen molar-refractivity contribution in [1.29, 1.82) is 0 Å². The van der Waals surface area contributed by atoms with Crippen LogP contribution in [0.4, 0.5) is 5.69 Å². The van der Waals surface area contributed by atoms with E-state index in [0.717, 1.165) is 4.90 Å². The Labute approximate surface area is 255 Å². The first kappa shape index (κ1) is 37.9. The number of aliphatic carboxylic acids is 3. The molecular formula is C28H44N6O10. The van der Waals surface area contributed by atoms with Crippen LogP contribution in [0.25, 0.3) is 0 Å². The second kappa shape index (κ2) is 20.0. The van der Waals surface area contributed by atoms with Crippen molar-refractivity contribution in [3.05, 3.63) is 29.8 Å². The number of nitrogens with two attached hydrogens (primary N) is 1. The predicted molar refractivity (Wildman–Crippen MR) is 158 cm³/mol. The number of benzene rings is 1. The lowest BCUT2D eigenvalue weighted by Gasteiger charge is -2.24. The molecule has 0 aromatic heterocycles. The van der Waals surface area contributed by atoms with Crippen LogP contribution in [0.1, 0.15) is 38.7 Å². The van der Waals surface area contributed by atoms with E-state index in [0.29, 0.717) is 24.1 Å². The fraction of sp³-hybridized carbons (Fsp3) is 0.571. The maximum atomic E-state index is 13.0. The van der Waals surface area contributed by atoms with Crippen molar-refractivity contribution in [3.8, 4) is 0 Å². The second-order valence-corrected chi connectivity index (χ2v) is 10.6. The molecule has 16 nitrogen and oxygen atoms in total. The van der Waals surface area contributed by atoms with Gasteiger partial charge in [-0.1, -0.05) is 26.0 Å². The van der Waals surface area contributed by atoms with Gasteiger partial charge in [0.25, 0.3) is 0 Å². The molecule has 1 aromatic rings. The highest BCUT2D eigenvalue weighted by Crippen LogP contribution is 2.12. The molecule has 1 aromatic carbocycles. The van der Waals surface area contributed by atoms with Gasteiger partial charge in [0.15, 0.2) is 0 Å². The van der Waals surface area contributed by atoms with Gasteiger partial charge in [-0.2, -0.15) is 0 Å². The summed E-state index contributed by atoms with van der Waals surface area (Å²) in [6.45, 7) is 1.53. The summed E-state index contributed by atoms with van der Waals surface area (Å²) in [7, 11) is 0.